The van der Waals surface area contributed by atoms with Crippen LogP contribution in [0, 0.1) is 0 Å². The van der Waals surface area contributed by atoms with Crippen molar-refractivity contribution < 1.29 is 5.11 Å². The first kappa shape index (κ1) is 12.4. The lowest BCUT2D eigenvalue weighted by molar-refractivity contribution is 0.475. The minimum atomic E-state index is 0.111. The van der Waals surface area contributed by atoms with E-state index in [0.29, 0.717) is 22.1 Å². The number of hydrogen-bond donors (Lipinski definition) is 2. The van der Waals surface area contributed by atoms with Gasteiger partial charge >= 0.3 is 0 Å². The molecule has 0 spiro atoms. The van der Waals surface area contributed by atoms with E-state index in [4.69, 9.17) is 17.3 Å². The number of phenolic OH excluding ortho intramolecular Hbond substituents is 1. The number of aryl methyl sites for hydroxylation is 2. The van der Waals surface area contributed by atoms with Gasteiger partial charge in [0, 0.05) is 18.7 Å². The molecule has 0 aliphatic heterocycles. The van der Waals surface area contributed by atoms with Gasteiger partial charge in [0.25, 0.3) is 0 Å². The summed E-state index contributed by atoms with van der Waals surface area (Å²) >= 11 is 6.30. The van der Waals surface area contributed by atoms with Gasteiger partial charge in [-0.1, -0.05) is 11.6 Å². The summed E-state index contributed by atoms with van der Waals surface area (Å²) in [6, 6.07) is 3.75. The van der Waals surface area contributed by atoms with Crippen LogP contribution >= 0.6 is 11.6 Å². The molecule has 0 unspecified atom stereocenters. The molecule has 1 aliphatic carbocycles. The second kappa shape index (κ2) is 4.46. The Morgan fingerprint density at radius 2 is 2.05 bits per heavy atom. The summed E-state index contributed by atoms with van der Waals surface area (Å²) in [6.45, 7) is 0. The molecule has 1 aliphatic rings. The van der Waals surface area contributed by atoms with Gasteiger partial charge in [-0.3, -0.25) is 4.68 Å². The third-order valence-electron chi connectivity index (χ3n) is 3.75. The van der Waals surface area contributed by atoms with E-state index in [1.165, 1.54) is 5.56 Å². The van der Waals surface area contributed by atoms with Crippen molar-refractivity contribution in [3.8, 4) is 17.0 Å². The topological polar surface area (TPSA) is 64.1 Å². The number of nitrogens with zero attached hydrogens (tertiary/aromatic N) is 2. The van der Waals surface area contributed by atoms with Crippen LogP contribution in [0.4, 0.5) is 5.82 Å². The zero-order valence-electron chi connectivity index (χ0n) is 10.8. The van der Waals surface area contributed by atoms with Crippen molar-refractivity contribution in [1.29, 1.82) is 0 Å². The number of benzene rings is 1. The molecule has 1 heterocycles. The Morgan fingerprint density at radius 1 is 1.32 bits per heavy atom. The molecule has 100 valence electrons. The SMILES string of the molecule is Cn1nc(-c2cc3c(c(Cl)c2O)CCCC3)cc1N. The zero-order chi connectivity index (χ0) is 13.6. The molecule has 0 radical (unpaired) electrons. The molecule has 4 nitrogen and oxygen atoms in total. The fraction of sp³-hybridized carbons (Fsp3) is 0.357. The van der Waals surface area contributed by atoms with Gasteiger partial charge in [0.05, 0.1) is 10.7 Å². The Labute approximate surface area is 116 Å². The van der Waals surface area contributed by atoms with Crippen LogP contribution in [0.2, 0.25) is 5.02 Å². The summed E-state index contributed by atoms with van der Waals surface area (Å²) in [5.74, 6) is 0.670. The summed E-state index contributed by atoms with van der Waals surface area (Å²) in [4.78, 5) is 0. The number of nitrogen functional groups attached to an aromatic ring is 1. The third-order valence-corrected chi connectivity index (χ3v) is 4.16. The lowest BCUT2D eigenvalue weighted by Crippen LogP contribution is -2.04. The minimum absolute atomic E-state index is 0.111. The largest absolute Gasteiger partial charge is 0.506 e. The van der Waals surface area contributed by atoms with Crippen molar-refractivity contribution in [3.63, 3.8) is 0 Å². The molecule has 3 rings (SSSR count). The highest BCUT2D eigenvalue weighted by molar-refractivity contribution is 6.33. The monoisotopic (exact) mass is 277 g/mol. The summed E-state index contributed by atoms with van der Waals surface area (Å²) in [5, 5.41) is 15.1. The van der Waals surface area contributed by atoms with Crippen LogP contribution in [0.3, 0.4) is 0 Å². The Kier molecular flexibility index (Phi) is 2.90. The van der Waals surface area contributed by atoms with Gasteiger partial charge in [-0.15, -0.1) is 0 Å². The maximum atomic E-state index is 10.3. The molecule has 0 saturated carbocycles. The highest BCUT2D eigenvalue weighted by atomic mass is 35.5. The van der Waals surface area contributed by atoms with Crippen LogP contribution in [-0.4, -0.2) is 14.9 Å². The number of aromatic nitrogens is 2. The first-order chi connectivity index (χ1) is 9.08. The van der Waals surface area contributed by atoms with E-state index in [0.717, 1.165) is 31.2 Å². The van der Waals surface area contributed by atoms with Crippen molar-refractivity contribution >= 4 is 17.4 Å². The van der Waals surface area contributed by atoms with E-state index in [9.17, 15) is 5.11 Å². The molecule has 0 saturated heterocycles. The number of hydrogen-bond acceptors (Lipinski definition) is 3. The van der Waals surface area contributed by atoms with Crippen molar-refractivity contribution in [3.05, 3.63) is 28.3 Å². The van der Waals surface area contributed by atoms with Crippen LogP contribution in [0.15, 0.2) is 12.1 Å². The molecule has 19 heavy (non-hydrogen) atoms. The van der Waals surface area contributed by atoms with Crippen molar-refractivity contribution in [1.82, 2.24) is 9.78 Å². The number of rotatable bonds is 1. The molecule has 0 fully saturated rings. The highest BCUT2D eigenvalue weighted by Gasteiger charge is 2.21. The smallest absolute Gasteiger partial charge is 0.143 e. The molecule has 3 N–H and O–H groups in total. The Morgan fingerprint density at radius 3 is 2.74 bits per heavy atom. The predicted octanol–water partition coefficient (Wildman–Crippen LogP) is 2.91. The van der Waals surface area contributed by atoms with E-state index in [-0.39, 0.29) is 5.75 Å². The van der Waals surface area contributed by atoms with Gasteiger partial charge in [0.2, 0.25) is 0 Å². The molecular weight excluding hydrogens is 262 g/mol. The fourth-order valence-corrected chi connectivity index (χ4v) is 2.97. The van der Waals surface area contributed by atoms with Crippen molar-refractivity contribution in [2.75, 3.05) is 5.73 Å². The van der Waals surface area contributed by atoms with E-state index < -0.39 is 0 Å². The van der Waals surface area contributed by atoms with Crippen LogP contribution < -0.4 is 5.73 Å². The molecular formula is C14H16ClN3O. The summed E-state index contributed by atoms with van der Waals surface area (Å²) in [7, 11) is 1.77. The summed E-state index contributed by atoms with van der Waals surface area (Å²) < 4.78 is 1.59. The minimum Gasteiger partial charge on any atom is -0.506 e. The quantitative estimate of drug-likeness (QED) is 0.842. The molecule has 5 heteroatoms. The van der Waals surface area contributed by atoms with Crippen LogP contribution in [0.5, 0.6) is 5.75 Å². The summed E-state index contributed by atoms with van der Waals surface area (Å²) in [6.07, 6.45) is 4.23. The molecule has 0 atom stereocenters. The van der Waals surface area contributed by atoms with Gasteiger partial charge in [-0.25, -0.2) is 0 Å². The standard InChI is InChI=1S/C14H16ClN3O/c1-18-12(16)7-11(17-18)10-6-8-4-2-3-5-9(8)13(15)14(10)19/h6-7,19H,2-5,16H2,1H3. The fourth-order valence-electron chi connectivity index (χ4n) is 2.65. The maximum absolute atomic E-state index is 10.3. The molecule has 1 aromatic carbocycles. The second-order valence-corrected chi connectivity index (χ2v) is 5.39. The van der Waals surface area contributed by atoms with Crippen LogP contribution in [0.1, 0.15) is 24.0 Å². The zero-order valence-corrected chi connectivity index (χ0v) is 11.5. The van der Waals surface area contributed by atoms with E-state index in [2.05, 4.69) is 5.10 Å². The molecule has 2 aromatic rings. The van der Waals surface area contributed by atoms with E-state index >= 15 is 0 Å². The Bertz CT molecular complexity index is 629. The molecule has 0 bridgehead atoms. The number of halogens is 1. The van der Waals surface area contributed by atoms with Gasteiger partial charge in [-0.2, -0.15) is 5.10 Å². The first-order valence-corrected chi connectivity index (χ1v) is 6.79. The number of phenols is 1. The van der Waals surface area contributed by atoms with E-state index in [1.807, 2.05) is 6.07 Å². The first-order valence-electron chi connectivity index (χ1n) is 6.41. The molecule has 0 amide bonds. The number of nitrogens with two attached hydrogens (primary N) is 1. The highest BCUT2D eigenvalue weighted by Crippen LogP contribution is 2.41. The lowest BCUT2D eigenvalue weighted by Gasteiger charge is -2.19. The van der Waals surface area contributed by atoms with Gasteiger partial charge in [0.15, 0.2) is 0 Å². The van der Waals surface area contributed by atoms with Crippen LogP contribution in [-0.2, 0) is 19.9 Å². The average molecular weight is 278 g/mol. The Balaban J connectivity index is 2.19. The van der Waals surface area contributed by atoms with E-state index in [1.54, 1.807) is 17.8 Å². The maximum Gasteiger partial charge on any atom is 0.143 e. The number of fused-ring (bicyclic) bond motifs is 1. The average Bonchev–Trinajstić information content (AvgIpc) is 2.74. The number of anilines is 1. The van der Waals surface area contributed by atoms with Gasteiger partial charge in [-0.05, 0) is 42.9 Å². The molecule has 1 aromatic heterocycles. The summed E-state index contributed by atoms with van der Waals surface area (Å²) in [5.41, 5.74) is 9.41. The normalized spacial score (nSPS) is 14.4. The number of aromatic hydroxyl groups is 1. The predicted molar refractivity (Wildman–Crippen MR) is 76.4 cm³/mol. The third kappa shape index (κ3) is 1.96. The van der Waals surface area contributed by atoms with Crippen LogP contribution in [0.25, 0.3) is 11.3 Å². The van der Waals surface area contributed by atoms with Gasteiger partial charge in [0.1, 0.15) is 11.6 Å². The Hall–Kier alpha value is -1.68. The van der Waals surface area contributed by atoms with Crippen molar-refractivity contribution in [2.24, 2.45) is 7.05 Å². The van der Waals surface area contributed by atoms with Gasteiger partial charge < -0.3 is 10.8 Å². The second-order valence-electron chi connectivity index (χ2n) is 5.01. The lowest BCUT2D eigenvalue weighted by atomic mass is 9.89. The van der Waals surface area contributed by atoms with Crippen molar-refractivity contribution in [2.45, 2.75) is 25.7 Å².